The van der Waals surface area contributed by atoms with E-state index in [2.05, 4.69) is 0 Å². The molecule has 0 saturated carbocycles. The first-order chi connectivity index (χ1) is 8.29. The van der Waals surface area contributed by atoms with Crippen LogP contribution < -0.4 is 0 Å². The van der Waals surface area contributed by atoms with Crippen molar-refractivity contribution in [3.05, 3.63) is 71.3 Å². The Morgan fingerprint density at radius 2 is 1.65 bits per heavy atom. The van der Waals surface area contributed by atoms with Crippen molar-refractivity contribution in [3.63, 3.8) is 0 Å². The third kappa shape index (κ3) is 2.79. The minimum Gasteiger partial charge on any atom is -0.206 e. The van der Waals surface area contributed by atoms with Crippen LogP contribution in [0.15, 0.2) is 54.6 Å². The lowest BCUT2D eigenvalue weighted by atomic mass is 10.1. The molecule has 0 aliphatic rings. The minimum atomic E-state index is -0.282. The third-order valence-corrected chi connectivity index (χ3v) is 2.38. The fraction of sp³-hybridized carbons (Fsp3) is 0. The molecule has 2 aromatic carbocycles. The van der Waals surface area contributed by atoms with Crippen molar-refractivity contribution in [1.82, 2.24) is 0 Å². The first-order valence-corrected chi connectivity index (χ1v) is 5.22. The van der Waals surface area contributed by atoms with Crippen molar-refractivity contribution in [3.8, 4) is 6.07 Å². The summed E-state index contributed by atoms with van der Waals surface area (Å²) in [5, 5.41) is 8.65. The van der Waals surface area contributed by atoms with E-state index in [0.717, 1.165) is 5.56 Å². The summed E-state index contributed by atoms with van der Waals surface area (Å²) in [5.74, 6) is -0.282. The van der Waals surface area contributed by atoms with Crippen molar-refractivity contribution in [2.45, 2.75) is 0 Å². The molecule has 0 aliphatic heterocycles. The SMILES string of the molecule is N#Cc1ccc(/C=C(/F)c2ccccc2)cc1. The van der Waals surface area contributed by atoms with Gasteiger partial charge in [0.1, 0.15) is 5.83 Å². The second-order valence-corrected chi connectivity index (χ2v) is 3.59. The molecule has 0 saturated heterocycles. The summed E-state index contributed by atoms with van der Waals surface area (Å²) in [4.78, 5) is 0. The third-order valence-electron chi connectivity index (χ3n) is 2.38. The van der Waals surface area contributed by atoms with Crippen LogP contribution in [0, 0.1) is 11.3 Å². The maximum atomic E-state index is 13.8. The van der Waals surface area contributed by atoms with Gasteiger partial charge in [0.15, 0.2) is 0 Å². The van der Waals surface area contributed by atoms with Gasteiger partial charge in [0.05, 0.1) is 11.6 Å². The van der Waals surface area contributed by atoms with Crippen LogP contribution in [0.25, 0.3) is 11.9 Å². The van der Waals surface area contributed by atoms with Crippen LogP contribution in [0.3, 0.4) is 0 Å². The van der Waals surface area contributed by atoms with E-state index in [1.165, 1.54) is 6.08 Å². The van der Waals surface area contributed by atoms with E-state index < -0.39 is 0 Å². The average molecular weight is 223 g/mol. The highest BCUT2D eigenvalue weighted by molar-refractivity contribution is 5.76. The van der Waals surface area contributed by atoms with Gasteiger partial charge < -0.3 is 0 Å². The number of hydrogen-bond donors (Lipinski definition) is 0. The van der Waals surface area contributed by atoms with Gasteiger partial charge in [-0.3, -0.25) is 0 Å². The molecule has 0 atom stereocenters. The number of rotatable bonds is 2. The standard InChI is InChI=1S/C15H10FN/c16-15(14-4-2-1-3-5-14)10-12-6-8-13(11-17)9-7-12/h1-10H/b15-10+. The molecule has 1 nitrogen and oxygen atoms in total. The Hall–Kier alpha value is -2.40. The quantitative estimate of drug-likeness (QED) is 0.705. The highest BCUT2D eigenvalue weighted by Crippen LogP contribution is 2.19. The number of nitriles is 1. The van der Waals surface area contributed by atoms with Gasteiger partial charge in [-0.15, -0.1) is 0 Å². The van der Waals surface area contributed by atoms with E-state index in [-0.39, 0.29) is 5.83 Å². The van der Waals surface area contributed by atoms with Gasteiger partial charge >= 0.3 is 0 Å². The van der Waals surface area contributed by atoms with Gasteiger partial charge in [-0.2, -0.15) is 5.26 Å². The van der Waals surface area contributed by atoms with Crippen LogP contribution in [0.2, 0.25) is 0 Å². The predicted molar refractivity (Wildman–Crippen MR) is 66.6 cm³/mol. The number of benzene rings is 2. The maximum Gasteiger partial charge on any atom is 0.131 e. The Balaban J connectivity index is 2.27. The van der Waals surface area contributed by atoms with Gasteiger partial charge in [-0.05, 0) is 23.8 Å². The summed E-state index contributed by atoms with van der Waals surface area (Å²) in [6, 6.07) is 17.7. The number of halogens is 1. The maximum absolute atomic E-state index is 13.8. The molecule has 0 bridgehead atoms. The summed E-state index contributed by atoms with van der Waals surface area (Å²) in [6.45, 7) is 0. The predicted octanol–water partition coefficient (Wildman–Crippen LogP) is 4.03. The molecular formula is C15H10FN. The molecule has 0 aliphatic carbocycles. The summed E-state index contributed by atoms with van der Waals surface area (Å²) in [6.07, 6.45) is 1.45. The molecule has 2 aromatic rings. The van der Waals surface area contributed by atoms with E-state index in [9.17, 15) is 4.39 Å². The smallest absolute Gasteiger partial charge is 0.131 e. The van der Waals surface area contributed by atoms with E-state index >= 15 is 0 Å². The molecule has 0 spiro atoms. The molecule has 0 aromatic heterocycles. The van der Waals surface area contributed by atoms with Crippen LogP contribution in [-0.2, 0) is 0 Å². The van der Waals surface area contributed by atoms with Crippen molar-refractivity contribution in [2.75, 3.05) is 0 Å². The lowest BCUT2D eigenvalue weighted by Gasteiger charge is -1.98. The topological polar surface area (TPSA) is 23.8 Å². The van der Waals surface area contributed by atoms with Gasteiger partial charge in [-0.1, -0.05) is 42.5 Å². The van der Waals surface area contributed by atoms with Crippen LogP contribution in [0.1, 0.15) is 16.7 Å². The minimum absolute atomic E-state index is 0.282. The zero-order valence-corrected chi connectivity index (χ0v) is 9.10. The molecule has 0 fully saturated rings. The molecule has 0 unspecified atom stereocenters. The zero-order chi connectivity index (χ0) is 12.1. The lowest BCUT2D eigenvalue weighted by Crippen LogP contribution is -1.79. The number of nitrogens with zero attached hydrogens (tertiary/aromatic N) is 1. The molecule has 17 heavy (non-hydrogen) atoms. The second-order valence-electron chi connectivity index (χ2n) is 3.59. The van der Waals surface area contributed by atoms with Crippen molar-refractivity contribution < 1.29 is 4.39 Å². The van der Waals surface area contributed by atoms with E-state index in [1.54, 1.807) is 48.5 Å². The Kier molecular flexibility index (Phi) is 3.32. The monoisotopic (exact) mass is 223 g/mol. The summed E-state index contributed by atoms with van der Waals surface area (Å²) >= 11 is 0. The first kappa shape index (κ1) is 11.1. The van der Waals surface area contributed by atoms with Crippen LogP contribution in [0.5, 0.6) is 0 Å². The Labute approximate surface area is 99.5 Å². The highest BCUT2D eigenvalue weighted by Gasteiger charge is 1.99. The summed E-state index contributed by atoms with van der Waals surface area (Å²) in [7, 11) is 0. The normalized spacial score (nSPS) is 10.9. The summed E-state index contributed by atoms with van der Waals surface area (Å²) in [5.41, 5.74) is 1.87. The average Bonchev–Trinajstić information content (AvgIpc) is 2.40. The van der Waals surface area contributed by atoms with Crippen LogP contribution in [-0.4, -0.2) is 0 Å². The van der Waals surface area contributed by atoms with Crippen molar-refractivity contribution in [1.29, 1.82) is 5.26 Å². The van der Waals surface area contributed by atoms with Crippen LogP contribution in [0.4, 0.5) is 4.39 Å². The van der Waals surface area contributed by atoms with Gasteiger partial charge in [0.2, 0.25) is 0 Å². The Morgan fingerprint density at radius 3 is 2.24 bits per heavy atom. The lowest BCUT2D eigenvalue weighted by molar-refractivity contribution is 0.765. The fourth-order valence-corrected chi connectivity index (χ4v) is 1.48. The van der Waals surface area contributed by atoms with E-state index in [1.807, 2.05) is 12.1 Å². The largest absolute Gasteiger partial charge is 0.206 e. The number of hydrogen-bond acceptors (Lipinski definition) is 1. The second kappa shape index (κ2) is 5.09. The van der Waals surface area contributed by atoms with E-state index in [0.29, 0.717) is 11.1 Å². The molecular weight excluding hydrogens is 213 g/mol. The van der Waals surface area contributed by atoms with Gasteiger partial charge in [0, 0.05) is 5.56 Å². The molecule has 0 radical (unpaired) electrons. The van der Waals surface area contributed by atoms with Gasteiger partial charge in [0.25, 0.3) is 0 Å². The molecule has 0 N–H and O–H groups in total. The molecule has 0 heterocycles. The molecule has 2 rings (SSSR count). The fourth-order valence-electron chi connectivity index (χ4n) is 1.48. The van der Waals surface area contributed by atoms with Gasteiger partial charge in [-0.25, -0.2) is 4.39 Å². The first-order valence-electron chi connectivity index (χ1n) is 5.22. The Bertz CT molecular complexity index is 562. The van der Waals surface area contributed by atoms with Crippen molar-refractivity contribution >= 4 is 11.9 Å². The molecule has 82 valence electrons. The zero-order valence-electron chi connectivity index (χ0n) is 9.10. The van der Waals surface area contributed by atoms with Crippen molar-refractivity contribution in [2.24, 2.45) is 0 Å². The van der Waals surface area contributed by atoms with E-state index in [4.69, 9.17) is 5.26 Å². The molecule has 0 amide bonds. The Morgan fingerprint density at radius 1 is 1.00 bits per heavy atom. The summed E-state index contributed by atoms with van der Waals surface area (Å²) < 4.78 is 13.8. The molecule has 2 heteroatoms. The van der Waals surface area contributed by atoms with Crippen LogP contribution >= 0.6 is 0 Å². The highest BCUT2D eigenvalue weighted by atomic mass is 19.1.